The van der Waals surface area contributed by atoms with Gasteiger partial charge in [0.15, 0.2) is 0 Å². The summed E-state index contributed by atoms with van der Waals surface area (Å²) >= 11 is 0. The molecular formula is C14H19N3O2. The quantitative estimate of drug-likeness (QED) is 0.748. The average Bonchev–Trinajstić information content (AvgIpc) is 2.42. The fraction of sp³-hybridized carbons (Fsp3) is 0.357. The van der Waals surface area contributed by atoms with Crippen molar-refractivity contribution in [3.63, 3.8) is 0 Å². The summed E-state index contributed by atoms with van der Waals surface area (Å²) in [5.41, 5.74) is 0.998. The van der Waals surface area contributed by atoms with E-state index in [1.54, 1.807) is 23.4 Å². The highest BCUT2D eigenvalue weighted by atomic mass is 16.2. The van der Waals surface area contributed by atoms with Crippen LogP contribution in [0.5, 0.6) is 0 Å². The maximum Gasteiger partial charge on any atom is 0.222 e. The van der Waals surface area contributed by atoms with Crippen LogP contribution in [0.15, 0.2) is 37.2 Å². The molecule has 1 N–H and O–H groups in total. The number of nitrogens with zero attached hydrogens (tertiary/aromatic N) is 2. The van der Waals surface area contributed by atoms with Gasteiger partial charge in [0.05, 0.1) is 0 Å². The number of aromatic nitrogens is 1. The van der Waals surface area contributed by atoms with Gasteiger partial charge in [-0.2, -0.15) is 0 Å². The number of hydrogen-bond donors (Lipinski definition) is 1. The third-order valence-electron chi connectivity index (χ3n) is 2.64. The first kappa shape index (κ1) is 14.9. The fourth-order valence-corrected chi connectivity index (χ4v) is 1.56. The first-order chi connectivity index (χ1) is 9.13. The second-order valence-electron chi connectivity index (χ2n) is 4.14. The Morgan fingerprint density at radius 2 is 2.11 bits per heavy atom. The normalized spacial score (nSPS) is 9.74. The van der Waals surface area contributed by atoms with Gasteiger partial charge >= 0.3 is 0 Å². The van der Waals surface area contributed by atoms with Gasteiger partial charge in [-0.25, -0.2) is 0 Å². The third-order valence-corrected chi connectivity index (χ3v) is 2.64. The Balaban J connectivity index is 2.31. The Morgan fingerprint density at radius 1 is 1.42 bits per heavy atom. The molecule has 0 saturated heterocycles. The van der Waals surface area contributed by atoms with Crippen molar-refractivity contribution in [1.82, 2.24) is 15.2 Å². The largest absolute Gasteiger partial charge is 0.352 e. The molecule has 0 aliphatic heterocycles. The third kappa shape index (κ3) is 5.81. The summed E-state index contributed by atoms with van der Waals surface area (Å²) in [4.78, 5) is 28.4. The minimum Gasteiger partial charge on any atom is -0.352 e. The minimum atomic E-state index is -0.0767. The Bertz CT molecular complexity index is 432. The fourth-order valence-electron chi connectivity index (χ4n) is 1.56. The van der Waals surface area contributed by atoms with Crippen LogP contribution in [0, 0.1) is 0 Å². The van der Waals surface area contributed by atoms with E-state index in [1.807, 2.05) is 12.1 Å². The number of nitrogens with one attached hydrogen (secondary N) is 1. The molecule has 0 radical (unpaired) electrons. The van der Waals surface area contributed by atoms with Crippen LogP contribution in [0.25, 0.3) is 0 Å². The Labute approximate surface area is 113 Å². The van der Waals surface area contributed by atoms with Gasteiger partial charge in [0.1, 0.15) is 0 Å². The molecule has 1 heterocycles. The van der Waals surface area contributed by atoms with Crippen LogP contribution in [0.4, 0.5) is 0 Å². The predicted molar refractivity (Wildman–Crippen MR) is 73.2 cm³/mol. The highest BCUT2D eigenvalue weighted by Gasteiger charge is 2.09. The van der Waals surface area contributed by atoms with E-state index in [2.05, 4.69) is 16.9 Å². The van der Waals surface area contributed by atoms with Crippen molar-refractivity contribution in [2.75, 3.05) is 13.1 Å². The first-order valence-electron chi connectivity index (χ1n) is 6.15. The molecule has 2 amide bonds. The van der Waals surface area contributed by atoms with Gasteiger partial charge in [-0.15, -0.1) is 6.58 Å². The topological polar surface area (TPSA) is 62.3 Å². The van der Waals surface area contributed by atoms with Crippen molar-refractivity contribution < 1.29 is 9.59 Å². The van der Waals surface area contributed by atoms with Crippen LogP contribution in [0.2, 0.25) is 0 Å². The Hall–Kier alpha value is -2.17. The first-order valence-corrected chi connectivity index (χ1v) is 6.15. The number of pyridine rings is 1. The molecule has 0 fully saturated rings. The van der Waals surface area contributed by atoms with E-state index in [0.717, 1.165) is 5.56 Å². The number of rotatable bonds is 7. The van der Waals surface area contributed by atoms with Gasteiger partial charge < -0.3 is 10.2 Å². The van der Waals surface area contributed by atoms with Crippen molar-refractivity contribution in [2.24, 2.45) is 0 Å². The summed E-state index contributed by atoms with van der Waals surface area (Å²) in [5, 5.41) is 2.80. The summed E-state index contributed by atoms with van der Waals surface area (Å²) in [7, 11) is 0. The molecule has 5 heteroatoms. The van der Waals surface area contributed by atoms with Gasteiger partial charge in [-0.1, -0.05) is 6.08 Å². The molecule has 0 aliphatic carbocycles. The van der Waals surface area contributed by atoms with Crippen LogP contribution in [0.3, 0.4) is 0 Å². The zero-order valence-electron chi connectivity index (χ0n) is 11.1. The van der Waals surface area contributed by atoms with Gasteiger partial charge in [-0.05, 0) is 17.7 Å². The molecular weight excluding hydrogens is 242 g/mol. The number of hydrogen-bond acceptors (Lipinski definition) is 3. The van der Waals surface area contributed by atoms with Crippen molar-refractivity contribution in [3.05, 3.63) is 42.7 Å². The van der Waals surface area contributed by atoms with Gasteiger partial charge in [0.2, 0.25) is 11.8 Å². The Kier molecular flexibility index (Phi) is 6.29. The maximum absolute atomic E-state index is 11.7. The SMILES string of the molecule is C=CCN(CCC(=O)NCc1ccncc1)C(C)=O. The lowest BCUT2D eigenvalue weighted by Crippen LogP contribution is -2.33. The van der Waals surface area contributed by atoms with E-state index < -0.39 is 0 Å². The van der Waals surface area contributed by atoms with E-state index in [4.69, 9.17) is 0 Å². The lowest BCUT2D eigenvalue weighted by molar-refractivity contribution is -0.129. The molecule has 0 aromatic carbocycles. The van der Waals surface area contributed by atoms with Gasteiger partial charge in [0.25, 0.3) is 0 Å². The second kappa shape index (κ2) is 8.02. The van der Waals surface area contributed by atoms with Crippen molar-refractivity contribution in [1.29, 1.82) is 0 Å². The molecule has 102 valence electrons. The van der Waals surface area contributed by atoms with E-state index in [1.165, 1.54) is 6.92 Å². The van der Waals surface area contributed by atoms with E-state index in [-0.39, 0.29) is 11.8 Å². The molecule has 0 spiro atoms. The maximum atomic E-state index is 11.7. The van der Waals surface area contributed by atoms with Gasteiger partial charge in [-0.3, -0.25) is 14.6 Å². The summed E-state index contributed by atoms with van der Waals surface area (Å²) in [6.07, 6.45) is 5.31. The van der Waals surface area contributed by atoms with Crippen LogP contribution >= 0.6 is 0 Å². The van der Waals surface area contributed by atoms with Gasteiger partial charge in [0, 0.05) is 45.4 Å². The summed E-state index contributed by atoms with van der Waals surface area (Å²) in [6.45, 7) is 6.42. The zero-order valence-corrected chi connectivity index (χ0v) is 11.1. The zero-order chi connectivity index (χ0) is 14.1. The minimum absolute atomic E-state index is 0.0539. The van der Waals surface area contributed by atoms with Crippen LogP contribution in [-0.2, 0) is 16.1 Å². The summed E-state index contributed by atoms with van der Waals surface area (Å²) < 4.78 is 0. The lowest BCUT2D eigenvalue weighted by Gasteiger charge is -2.18. The van der Waals surface area contributed by atoms with E-state index in [0.29, 0.717) is 26.1 Å². The molecule has 0 unspecified atom stereocenters. The summed E-state index contributed by atoms with van der Waals surface area (Å²) in [5.74, 6) is -0.131. The molecule has 1 aromatic heterocycles. The molecule has 1 rings (SSSR count). The van der Waals surface area contributed by atoms with E-state index in [9.17, 15) is 9.59 Å². The lowest BCUT2D eigenvalue weighted by atomic mass is 10.2. The smallest absolute Gasteiger partial charge is 0.222 e. The van der Waals surface area contributed by atoms with Crippen molar-refractivity contribution in [2.45, 2.75) is 19.9 Å². The highest BCUT2D eigenvalue weighted by Crippen LogP contribution is 1.97. The Morgan fingerprint density at radius 3 is 2.68 bits per heavy atom. The second-order valence-corrected chi connectivity index (χ2v) is 4.14. The van der Waals surface area contributed by atoms with Crippen LogP contribution in [-0.4, -0.2) is 34.8 Å². The monoisotopic (exact) mass is 261 g/mol. The molecule has 0 saturated carbocycles. The molecule has 0 aliphatic rings. The van der Waals surface area contributed by atoms with Crippen molar-refractivity contribution >= 4 is 11.8 Å². The standard InChI is InChI=1S/C14H19N3O2/c1-3-9-17(12(2)18)10-6-14(19)16-11-13-4-7-15-8-5-13/h3-5,7-8H,1,6,9-11H2,2H3,(H,16,19). The summed E-state index contributed by atoms with van der Waals surface area (Å²) in [6, 6.07) is 3.69. The average molecular weight is 261 g/mol. The molecule has 5 nitrogen and oxygen atoms in total. The molecule has 1 aromatic rings. The predicted octanol–water partition coefficient (Wildman–Crippen LogP) is 1.12. The molecule has 19 heavy (non-hydrogen) atoms. The van der Waals surface area contributed by atoms with Crippen molar-refractivity contribution in [3.8, 4) is 0 Å². The number of carbonyl (C=O) groups excluding carboxylic acids is 2. The number of carbonyl (C=O) groups is 2. The number of amides is 2. The molecule has 0 bridgehead atoms. The van der Waals surface area contributed by atoms with Crippen LogP contribution < -0.4 is 5.32 Å². The van der Waals surface area contributed by atoms with E-state index >= 15 is 0 Å². The van der Waals surface area contributed by atoms with Crippen LogP contribution in [0.1, 0.15) is 18.9 Å². The highest BCUT2D eigenvalue weighted by molar-refractivity contribution is 5.78. The molecule has 0 atom stereocenters.